The average Bonchev–Trinajstić information content (AvgIpc) is 2.53. The van der Waals surface area contributed by atoms with E-state index in [1.54, 1.807) is 13.4 Å². The van der Waals surface area contributed by atoms with Gasteiger partial charge in [-0.2, -0.15) is 0 Å². The van der Waals surface area contributed by atoms with Crippen LogP contribution in [0.3, 0.4) is 0 Å². The molecule has 2 unspecified atom stereocenters. The van der Waals surface area contributed by atoms with Gasteiger partial charge in [0.2, 0.25) is 0 Å². The van der Waals surface area contributed by atoms with Crippen LogP contribution in [-0.2, 0) is 20.8 Å². The van der Waals surface area contributed by atoms with Crippen LogP contribution in [0.5, 0.6) is 0 Å². The molecule has 0 saturated carbocycles. The molecule has 1 amide bonds. The lowest BCUT2D eigenvalue weighted by molar-refractivity contribution is -0.0564. The minimum atomic E-state index is -0.251. The Kier molecular flexibility index (Phi) is 4.63. The van der Waals surface area contributed by atoms with Gasteiger partial charge in [0.1, 0.15) is 6.61 Å². The highest BCUT2D eigenvalue weighted by Crippen LogP contribution is 2.31. The Balaban J connectivity index is 1.63. The van der Waals surface area contributed by atoms with Crippen LogP contribution in [-0.4, -0.2) is 43.4 Å². The van der Waals surface area contributed by atoms with E-state index in [1.807, 2.05) is 35.2 Å². The molecule has 2 bridgehead atoms. The molecule has 22 heavy (non-hydrogen) atoms. The van der Waals surface area contributed by atoms with Crippen molar-refractivity contribution in [1.82, 2.24) is 4.90 Å². The Morgan fingerprint density at radius 3 is 2.59 bits per heavy atom. The molecule has 2 aliphatic heterocycles. The van der Waals surface area contributed by atoms with E-state index in [2.05, 4.69) is 0 Å². The summed E-state index contributed by atoms with van der Waals surface area (Å²) in [4.78, 5) is 14.3. The summed E-state index contributed by atoms with van der Waals surface area (Å²) in [6.45, 7) is 1.41. The lowest BCUT2D eigenvalue weighted by Crippen LogP contribution is -2.57. The lowest BCUT2D eigenvalue weighted by atomic mass is 9.91. The lowest BCUT2D eigenvalue weighted by Gasteiger charge is -2.45. The van der Waals surface area contributed by atoms with Crippen molar-refractivity contribution in [2.45, 2.75) is 31.5 Å². The van der Waals surface area contributed by atoms with E-state index < -0.39 is 0 Å². The number of morpholine rings is 1. The topological polar surface area (TPSA) is 48.0 Å². The molecule has 2 saturated heterocycles. The van der Waals surface area contributed by atoms with E-state index in [9.17, 15) is 4.79 Å². The second-order valence-corrected chi connectivity index (χ2v) is 5.71. The van der Waals surface area contributed by atoms with Gasteiger partial charge in [0.25, 0.3) is 0 Å². The molecule has 2 heterocycles. The van der Waals surface area contributed by atoms with Gasteiger partial charge in [0, 0.05) is 0 Å². The number of methoxy groups -OCH3 is 1. The van der Waals surface area contributed by atoms with Crippen molar-refractivity contribution in [3.63, 3.8) is 0 Å². The first-order valence-electron chi connectivity index (χ1n) is 7.55. The second-order valence-electron chi connectivity index (χ2n) is 5.71. The van der Waals surface area contributed by atoms with Gasteiger partial charge >= 0.3 is 6.09 Å². The Morgan fingerprint density at radius 1 is 1.27 bits per heavy atom. The van der Waals surface area contributed by atoms with Crippen LogP contribution in [0.1, 0.15) is 18.4 Å². The Morgan fingerprint density at radius 2 is 1.95 bits per heavy atom. The van der Waals surface area contributed by atoms with Gasteiger partial charge in [-0.25, -0.2) is 4.79 Å². The zero-order valence-corrected chi connectivity index (χ0v) is 12.7. The molecule has 1 aromatic rings. The molecule has 0 spiro atoms. The predicted octanol–water partition coefficient (Wildman–Crippen LogP) is 2.72. The third-order valence-electron chi connectivity index (χ3n) is 4.10. The smallest absolute Gasteiger partial charge is 0.410 e. The van der Waals surface area contributed by atoms with E-state index in [0.29, 0.717) is 19.8 Å². The van der Waals surface area contributed by atoms with Crippen molar-refractivity contribution in [3.05, 3.63) is 47.7 Å². The summed E-state index contributed by atoms with van der Waals surface area (Å²) in [6.07, 6.45) is 3.10. The fourth-order valence-electron chi connectivity index (χ4n) is 3.16. The molecule has 0 aromatic heterocycles. The number of fused-ring (bicyclic) bond motifs is 2. The van der Waals surface area contributed by atoms with Crippen LogP contribution in [0.25, 0.3) is 0 Å². The first-order valence-corrected chi connectivity index (χ1v) is 7.55. The fraction of sp³-hybridized carbons (Fsp3) is 0.471. The van der Waals surface area contributed by atoms with Crippen LogP contribution >= 0.6 is 0 Å². The van der Waals surface area contributed by atoms with Crippen molar-refractivity contribution in [2.24, 2.45) is 0 Å². The fourth-order valence-corrected chi connectivity index (χ4v) is 3.16. The third kappa shape index (κ3) is 3.25. The van der Waals surface area contributed by atoms with Crippen molar-refractivity contribution < 1.29 is 19.0 Å². The number of amides is 1. The van der Waals surface area contributed by atoms with Crippen molar-refractivity contribution in [1.29, 1.82) is 0 Å². The Bertz CT molecular complexity index is 527. The molecule has 1 aromatic carbocycles. The van der Waals surface area contributed by atoms with Crippen molar-refractivity contribution >= 4 is 6.09 Å². The summed E-state index contributed by atoms with van der Waals surface area (Å²) in [5, 5.41) is 0. The van der Waals surface area contributed by atoms with Crippen LogP contribution in [0, 0.1) is 0 Å². The number of benzene rings is 1. The van der Waals surface area contributed by atoms with Gasteiger partial charge in [-0.15, -0.1) is 0 Å². The highest BCUT2D eigenvalue weighted by Gasteiger charge is 2.40. The summed E-state index contributed by atoms with van der Waals surface area (Å²) >= 11 is 0. The predicted molar refractivity (Wildman–Crippen MR) is 81.2 cm³/mol. The molecule has 3 rings (SSSR count). The molecule has 2 aliphatic rings. The average molecular weight is 303 g/mol. The quantitative estimate of drug-likeness (QED) is 0.806. The minimum absolute atomic E-state index is 0.0390. The van der Waals surface area contributed by atoms with Crippen LogP contribution in [0.2, 0.25) is 0 Å². The zero-order valence-electron chi connectivity index (χ0n) is 12.7. The van der Waals surface area contributed by atoms with E-state index in [1.165, 1.54) is 5.57 Å². The summed E-state index contributed by atoms with van der Waals surface area (Å²) < 4.78 is 16.2. The van der Waals surface area contributed by atoms with E-state index in [0.717, 1.165) is 18.4 Å². The summed E-state index contributed by atoms with van der Waals surface area (Å²) in [5.74, 6) is 0. The van der Waals surface area contributed by atoms with Gasteiger partial charge in [0.15, 0.2) is 0 Å². The van der Waals surface area contributed by atoms with Gasteiger partial charge in [0.05, 0.1) is 38.7 Å². The van der Waals surface area contributed by atoms with E-state index >= 15 is 0 Å². The van der Waals surface area contributed by atoms with Gasteiger partial charge in [-0.1, -0.05) is 30.3 Å². The highest BCUT2D eigenvalue weighted by molar-refractivity contribution is 5.69. The number of nitrogens with zero attached hydrogens (tertiary/aromatic N) is 1. The molecule has 0 N–H and O–H groups in total. The van der Waals surface area contributed by atoms with Crippen molar-refractivity contribution in [3.8, 4) is 0 Å². The number of piperidine rings is 1. The summed E-state index contributed by atoms with van der Waals surface area (Å²) in [7, 11) is 1.65. The van der Waals surface area contributed by atoms with E-state index in [-0.39, 0.29) is 18.2 Å². The maximum atomic E-state index is 12.4. The molecular weight excluding hydrogens is 282 g/mol. The summed E-state index contributed by atoms with van der Waals surface area (Å²) in [6, 6.07) is 9.80. The molecule has 5 nitrogen and oxygen atoms in total. The minimum Gasteiger partial charge on any atom is -0.504 e. The highest BCUT2D eigenvalue weighted by atomic mass is 16.6. The number of hydrogen-bond donors (Lipinski definition) is 0. The van der Waals surface area contributed by atoms with Gasteiger partial charge in [-0.3, -0.25) is 4.90 Å². The SMILES string of the molecule is COC=C1CC2COCC(C1)N2C(=O)OCc1ccccc1. The number of carbonyl (C=O) groups excluding carboxylic acids is 1. The molecule has 0 radical (unpaired) electrons. The second kappa shape index (κ2) is 6.83. The first-order chi connectivity index (χ1) is 10.8. The third-order valence-corrected chi connectivity index (χ3v) is 4.10. The van der Waals surface area contributed by atoms with Crippen LogP contribution in [0.4, 0.5) is 4.79 Å². The maximum Gasteiger partial charge on any atom is 0.410 e. The molecular formula is C17H21NO4. The van der Waals surface area contributed by atoms with Crippen LogP contribution in [0.15, 0.2) is 42.2 Å². The Hall–Kier alpha value is -2.01. The molecule has 2 atom stereocenters. The van der Waals surface area contributed by atoms with Gasteiger partial charge < -0.3 is 14.2 Å². The van der Waals surface area contributed by atoms with E-state index in [4.69, 9.17) is 14.2 Å². The largest absolute Gasteiger partial charge is 0.504 e. The zero-order chi connectivity index (χ0) is 15.4. The number of ether oxygens (including phenoxy) is 3. The standard InChI is InChI=1S/C17H21NO4/c1-20-9-14-7-15-11-21-12-16(8-14)18(15)17(19)22-10-13-5-3-2-4-6-13/h2-6,9,15-16H,7-8,10-12H2,1H3. The summed E-state index contributed by atoms with van der Waals surface area (Å²) in [5.41, 5.74) is 2.22. The Labute approximate surface area is 130 Å². The van der Waals surface area contributed by atoms with Gasteiger partial charge in [-0.05, 0) is 24.0 Å². The van der Waals surface area contributed by atoms with Crippen molar-refractivity contribution in [2.75, 3.05) is 20.3 Å². The molecule has 2 fully saturated rings. The first kappa shape index (κ1) is 14.9. The monoisotopic (exact) mass is 303 g/mol. The maximum absolute atomic E-state index is 12.4. The normalized spacial score (nSPS) is 23.9. The number of hydrogen-bond acceptors (Lipinski definition) is 4. The molecule has 5 heteroatoms. The van der Waals surface area contributed by atoms with Crippen LogP contribution < -0.4 is 0 Å². The number of rotatable bonds is 3. The molecule has 118 valence electrons. The number of carbonyl (C=O) groups is 1. The molecule has 0 aliphatic carbocycles.